The summed E-state index contributed by atoms with van der Waals surface area (Å²) in [5, 5.41) is 12.1. The molecule has 5 nitrogen and oxygen atoms in total. The largest absolute Gasteiger partial charge is 0.454 e. The first kappa shape index (κ1) is 13.7. The lowest BCUT2D eigenvalue weighted by atomic mass is 9.95. The van der Waals surface area contributed by atoms with Crippen molar-refractivity contribution in [2.45, 2.75) is 20.8 Å². The van der Waals surface area contributed by atoms with Crippen LogP contribution in [0.2, 0.25) is 0 Å². The van der Waals surface area contributed by atoms with E-state index in [1.165, 1.54) is 0 Å². The molecular formula is C14H19NO4. The van der Waals surface area contributed by atoms with E-state index >= 15 is 0 Å². The van der Waals surface area contributed by atoms with E-state index in [0.29, 0.717) is 17.2 Å². The molecule has 1 aromatic rings. The highest BCUT2D eigenvalue weighted by Gasteiger charge is 2.23. The SMILES string of the molecule is Cc1cc2c(cc1NC(=O)C(CO)C(C)C)OCO2. The predicted molar refractivity (Wildman–Crippen MR) is 71.3 cm³/mol. The highest BCUT2D eigenvalue weighted by atomic mass is 16.7. The average molecular weight is 265 g/mol. The Bertz CT molecular complexity index is 485. The maximum atomic E-state index is 12.1. The fourth-order valence-corrected chi connectivity index (χ4v) is 2.00. The fraction of sp³-hybridized carbons (Fsp3) is 0.500. The molecular weight excluding hydrogens is 246 g/mol. The van der Waals surface area contributed by atoms with Crippen molar-refractivity contribution in [1.82, 2.24) is 0 Å². The second kappa shape index (κ2) is 5.48. The van der Waals surface area contributed by atoms with Crippen molar-refractivity contribution in [2.75, 3.05) is 18.7 Å². The monoisotopic (exact) mass is 265 g/mol. The molecule has 1 amide bonds. The van der Waals surface area contributed by atoms with E-state index in [4.69, 9.17) is 9.47 Å². The van der Waals surface area contributed by atoms with Crippen molar-refractivity contribution in [3.8, 4) is 11.5 Å². The molecule has 0 aromatic heterocycles. The molecule has 1 unspecified atom stereocenters. The van der Waals surface area contributed by atoms with Crippen LogP contribution in [0.15, 0.2) is 12.1 Å². The van der Waals surface area contributed by atoms with Gasteiger partial charge in [-0.3, -0.25) is 4.79 Å². The smallest absolute Gasteiger partial charge is 0.231 e. The van der Waals surface area contributed by atoms with Gasteiger partial charge in [-0.25, -0.2) is 0 Å². The Morgan fingerprint density at radius 2 is 2.00 bits per heavy atom. The van der Waals surface area contributed by atoms with Gasteiger partial charge in [0.25, 0.3) is 0 Å². The predicted octanol–water partition coefficient (Wildman–Crippen LogP) is 1.93. The molecule has 1 aliphatic heterocycles. The van der Waals surface area contributed by atoms with Gasteiger partial charge in [0.05, 0.1) is 12.5 Å². The molecule has 0 saturated carbocycles. The lowest BCUT2D eigenvalue weighted by molar-refractivity contribution is -0.122. The summed E-state index contributed by atoms with van der Waals surface area (Å²) in [5.74, 6) is 0.813. The third kappa shape index (κ3) is 2.81. The second-order valence-corrected chi connectivity index (χ2v) is 5.04. The minimum atomic E-state index is -0.412. The fourth-order valence-electron chi connectivity index (χ4n) is 2.00. The van der Waals surface area contributed by atoms with Gasteiger partial charge in [0.15, 0.2) is 11.5 Å². The van der Waals surface area contributed by atoms with Crippen molar-refractivity contribution in [3.63, 3.8) is 0 Å². The van der Waals surface area contributed by atoms with Gasteiger partial charge in [-0.15, -0.1) is 0 Å². The van der Waals surface area contributed by atoms with Crippen molar-refractivity contribution < 1.29 is 19.4 Å². The summed E-state index contributed by atoms with van der Waals surface area (Å²) in [7, 11) is 0. The summed E-state index contributed by atoms with van der Waals surface area (Å²) in [4.78, 5) is 12.1. The molecule has 0 fully saturated rings. The number of hydrogen-bond donors (Lipinski definition) is 2. The van der Waals surface area contributed by atoms with Crippen LogP contribution in [0.3, 0.4) is 0 Å². The van der Waals surface area contributed by atoms with Crippen molar-refractivity contribution in [3.05, 3.63) is 17.7 Å². The van der Waals surface area contributed by atoms with Crippen molar-refractivity contribution in [1.29, 1.82) is 0 Å². The first-order valence-electron chi connectivity index (χ1n) is 6.35. The lowest BCUT2D eigenvalue weighted by Gasteiger charge is -2.18. The van der Waals surface area contributed by atoms with Crippen LogP contribution in [-0.2, 0) is 4.79 Å². The van der Waals surface area contributed by atoms with E-state index < -0.39 is 5.92 Å². The minimum absolute atomic E-state index is 0.0827. The molecule has 2 rings (SSSR count). The number of ether oxygens (including phenoxy) is 2. The molecule has 0 saturated heterocycles. The van der Waals surface area contributed by atoms with E-state index in [1.807, 2.05) is 26.8 Å². The Kier molecular flexibility index (Phi) is 3.95. The van der Waals surface area contributed by atoms with Gasteiger partial charge in [0.1, 0.15) is 0 Å². The Morgan fingerprint density at radius 3 is 2.58 bits per heavy atom. The van der Waals surface area contributed by atoms with Gasteiger partial charge in [-0.05, 0) is 24.5 Å². The maximum absolute atomic E-state index is 12.1. The number of anilines is 1. The molecule has 0 bridgehead atoms. The second-order valence-electron chi connectivity index (χ2n) is 5.04. The number of fused-ring (bicyclic) bond motifs is 1. The zero-order valence-electron chi connectivity index (χ0n) is 11.4. The van der Waals surface area contributed by atoms with E-state index in [2.05, 4.69) is 5.32 Å². The topological polar surface area (TPSA) is 67.8 Å². The van der Waals surface area contributed by atoms with Crippen LogP contribution in [-0.4, -0.2) is 24.4 Å². The van der Waals surface area contributed by atoms with E-state index in [9.17, 15) is 9.90 Å². The lowest BCUT2D eigenvalue weighted by Crippen LogP contribution is -2.30. The number of hydrogen-bond acceptors (Lipinski definition) is 4. The number of amides is 1. The van der Waals surface area contributed by atoms with E-state index in [1.54, 1.807) is 6.07 Å². The number of aryl methyl sites for hydroxylation is 1. The Hall–Kier alpha value is -1.75. The standard InChI is InChI=1S/C14H19NO4/c1-8(2)10(6-16)14(17)15-11-5-13-12(4-9(11)3)18-7-19-13/h4-5,8,10,16H,6-7H2,1-3H3,(H,15,17). The molecule has 5 heteroatoms. The van der Waals surface area contributed by atoms with Crippen LogP contribution < -0.4 is 14.8 Å². The quantitative estimate of drug-likeness (QED) is 0.873. The summed E-state index contributed by atoms with van der Waals surface area (Å²) in [5.41, 5.74) is 1.59. The summed E-state index contributed by atoms with van der Waals surface area (Å²) >= 11 is 0. The molecule has 2 N–H and O–H groups in total. The van der Waals surface area contributed by atoms with Crippen LogP contribution >= 0.6 is 0 Å². The van der Waals surface area contributed by atoms with Gasteiger partial charge in [0, 0.05) is 11.8 Å². The normalized spacial score (nSPS) is 14.6. The molecule has 1 heterocycles. The van der Waals surface area contributed by atoms with Gasteiger partial charge >= 0.3 is 0 Å². The first-order valence-corrected chi connectivity index (χ1v) is 6.35. The van der Waals surface area contributed by atoms with Crippen LogP contribution in [0.4, 0.5) is 5.69 Å². The van der Waals surface area contributed by atoms with Crippen LogP contribution in [0.1, 0.15) is 19.4 Å². The molecule has 19 heavy (non-hydrogen) atoms. The first-order chi connectivity index (χ1) is 9.02. The molecule has 104 valence electrons. The molecule has 0 spiro atoms. The minimum Gasteiger partial charge on any atom is -0.454 e. The number of aliphatic hydroxyl groups is 1. The maximum Gasteiger partial charge on any atom is 0.231 e. The number of carbonyl (C=O) groups is 1. The summed E-state index contributed by atoms with van der Waals surface area (Å²) in [6.45, 7) is 5.76. The third-order valence-corrected chi connectivity index (χ3v) is 3.32. The molecule has 0 aliphatic carbocycles. The molecule has 1 aliphatic rings. The molecule has 0 radical (unpaired) electrons. The number of carbonyl (C=O) groups excluding carboxylic acids is 1. The zero-order chi connectivity index (χ0) is 14.0. The Balaban J connectivity index is 2.17. The van der Waals surface area contributed by atoms with Gasteiger partial charge < -0.3 is 19.9 Å². The average Bonchev–Trinajstić information content (AvgIpc) is 2.76. The highest BCUT2D eigenvalue weighted by Crippen LogP contribution is 2.36. The van der Waals surface area contributed by atoms with Gasteiger partial charge in [-0.1, -0.05) is 13.8 Å². The third-order valence-electron chi connectivity index (χ3n) is 3.32. The number of rotatable bonds is 4. The van der Waals surface area contributed by atoms with Crippen LogP contribution in [0, 0.1) is 18.8 Å². The van der Waals surface area contributed by atoms with Crippen LogP contribution in [0.25, 0.3) is 0 Å². The van der Waals surface area contributed by atoms with Crippen LogP contribution in [0.5, 0.6) is 11.5 Å². The molecule has 1 aromatic carbocycles. The van der Waals surface area contributed by atoms with Crippen molar-refractivity contribution in [2.24, 2.45) is 11.8 Å². The Morgan fingerprint density at radius 1 is 1.37 bits per heavy atom. The number of benzene rings is 1. The number of aliphatic hydroxyl groups excluding tert-OH is 1. The van der Waals surface area contributed by atoms with Gasteiger partial charge in [-0.2, -0.15) is 0 Å². The molecule has 1 atom stereocenters. The van der Waals surface area contributed by atoms with E-state index in [-0.39, 0.29) is 25.2 Å². The highest BCUT2D eigenvalue weighted by molar-refractivity contribution is 5.94. The van der Waals surface area contributed by atoms with E-state index in [0.717, 1.165) is 5.56 Å². The summed E-state index contributed by atoms with van der Waals surface area (Å²) < 4.78 is 10.6. The number of nitrogens with one attached hydrogen (secondary N) is 1. The Labute approximate surface area is 112 Å². The van der Waals surface area contributed by atoms with Crippen molar-refractivity contribution >= 4 is 11.6 Å². The zero-order valence-corrected chi connectivity index (χ0v) is 11.4. The van der Waals surface area contributed by atoms with Gasteiger partial charge in [0.2, 0.25) is 12.7 Å². The summed E-state index contributed by atoms with van der Waals surface area (Å²) in [6.07, 6.45) is 0. The summed E-state index contributed by atoms with van der Waals surface area (Å²) in [6, 6.07) is 3.59.